The molecule has 1 amide bonds. The summed E-state index contributed by atoms with van der Waals surface area (Å²) in [6.45, 7) is 8.55. The van der Waals surface area contributed by atoms with Crippen molar-refractivity contribution >= 4 is 28.8 Å². The molecule has 3 aromatic rings. The second-order valence-corrected chi connectivity index (χ2v) is 8.68. The summed E-state index contributed by atoms with van der Waals surface area (Å²) < 4.78 is 14.7. The number of rotatable bonds is 3. The molecule has 31 heavy (non-hydrogen) atoms. The van der Waals surface area contributed by atoms with Gasteiger partial charge in [0.2, 0.25) is 0 Å². The van der Waals surface area contributed by atoms with Gasteiger partial charge in [-0.1, -0.05) is 6.08 Å². The van der Waals surface area contributed by atoms with Gasteiger partial charge in [0.25, 0.3) is 0 Å². The molecule has 0 atom stereocenters. The van der Waals surface area contributed by atoms with Gasteiger partial charge in [-0.3, -0.25) is 4.68 Å². The van der Waals surface area contributed by atoms with Gasteiger partial charge in [0.05, 0.1) is 31.1 Å². The highest BCUT2D eigenvalue weighted by atomic mass is 16.6. The summed E-state index contributed by atoms with van der Waals surface area (Å²) in [6, 6.07) is 4.00. The minimum absolute atomic E-state index is 0.315. The summed E-state index contributed by atoms with van der Waals surface area (Å²) in [5, 5.41) is 12.3. The number of ether oxygens (including phenoxy) is 2. The molecule has 0 saturated carbocycles. The zero-order chi connectivity index (χ0) is 21.6. The van der Waals surface area contributed by atoms with E-state index in [4.69, 9.17) is 9.47 Å². The standard InChI is InChI=1S/C21H25N7O3/c1-21(2,3)31-20(29)26-5-4-14(10-26)15-8-17(19-22-13-23-28(19)11-15)24-18-9-16-12-30-7-6-27(16)25-18/h4,8-9,11,13H,5-7,10,12H2,1-3H3,(H,24,25). The minimum atomic E-state index is -0.522. The number of fused-ring (bicyclic) bond motifs is 2. The molecule has 0 aromatic carbocycles. The van der Waals surface area contributed by atoms with E-state index in [1.165, 1.54) is 6.33 Å². The average molecular weight is 423 g/mol. The van der Waals surface area contributed by atoms with Crippen LogP contribution >= 0.6 is 0 Å². The number of carbonyl (C=O) groups excluding carboxylic acids is 1. The van der Waals surface area contributed by atoms with Gasteiger partial charge in [-0.25, -0.2) is 14.3 Å². The maximum atomic E-state index is 12.4. The molecule has 0 aliphatic carbocycles. The average Bonchev–Trinajstić information content (AvgIpc) is 3.44. The molecule has 1 N–H and O–H groups in total. The van der Waals surface area contributed by atoms with Gasteiger partial charge < -0.3 is 19.7 Å². The Morgan fingerprint density at radius 2 is 2.16 bits per heavy atom. The van der Waals surface area contributed by atoms with Crippen LogP contribution in [0.3, 0.4) is 0 Å². The Labute approximate surface area is 179 Å². The number of nitrogens with zero attached hydrogens (tertiary/aromatic N) is 6. The van der Waals surface area contributed by atoms with Crippen molar-refractivity contribution in [3.05, 3.63) is 42.0 Å². The van der Waals surface area contributed by atoms with Crippen molar-refractivity contribution in [3.63, 3.8) is 0 Å². The highest BCUT2D eigenvalue weighted by molar-refractivity contribution is 5.81. The van der Waals surface area contributed by atoms with E-state index in [9.17, 15) is 4.79 Å². The molecule has 0 spiro atoms. The van der Waals surface area contributed by atoms with Gasteiger partial charge in [0.1, 0.15) is 11.9 Å². The van der Waals surface area contributed by atoms with Crippen molar-refractivity contribution in [2.45, 2.75) is 39.5 Å². The molecule has 10 nitrogen and oxygen atoms in total. The van der Waals surface area contributed by atoms with Gasteiger partial charge in [0, 0.05) is 25.4 Å². The topological polar surface area (TPSA) is 98.8 Å². The molecule has 0 fully saturated rings. The van der Waals surface area contributed by atoms with E-state index in [0.717, 1.165) is 34.9 Å². The maximum Gasteiger partial charge on any atom is 0.410 e. The number of amides is 1. The van der Waals surface area contributed by atoms with Gasteiger partial charge in [-0.05, 0) is 38.0 Å². The number of aromatic nitrogens is 5. The first kappa shape index (κ1) is 19.6. The van der Waals surface area contributed by atoms with Gasteiger partial charge in [-0.15, -0.1) is 0 Å². The highest BCUT2D eigenvalue weighted by Gasteiger charge is 2.26. The Morgan fingerprint density at radius 3 is 2.97 bits per heavy atom. The van der Waals surface area contributed by atoms with Crippen LogP contribution in [0.15, 0.2) is 30.7 Å². The van der Waals surface area contributed by atoms with E-state index in [2.05, 4.69) is 20.5 Å². The summed E-state index contributed by atoms with van der Waals surface area (Å²) >= 11 is 0. The highest BCUT2D eigenvalue weighted by Crippen LogP contribution is 2.28. The Balaban J connectivity index is 1.40. The van der Waals surface area contributed by atoms with Crippen molar-refractivity contribution in [2.75, 3.05) is 25.0 Å². The van der Waals surface area contributed by atoms with Gasteiger partial charge in [-0.2, -0.15) is 10.2 Å². The molecule has 5 heterocycles. The zero-order valence-electron chi connectivity index (χ0n) is 17.8. The van der Waals surface area contributed by atoms with E-state index in [1.54, 1.807) is 9.42 Å². The Morgan fingerprint density at radius 1 is 1.29 bits per heavy atom. The van der Waals surface area contributed by atoms with Crippen LogP contribution < -0.4 is 5.32 Å². The first-order valence-electron chi connectivity index (χ1n) is 10.3. The van der Waals surface area contributed by atoms with E-state index >= 15 is 0 Å². The largest absolute Gasteiger partial charge is 0.444 e. The monoisotopic (exact) mass is 423 g/mol. The van der Waals surface area contributed by atoms with Crippen LogP contribution in [0, 0.1) is 0 Å². The molecule has 5 rings (SSSR count). The Kier molecular flexibility index (Phi) is 4.66. The summed E-state index contributed by atoms with van der Waals surface area (Å²) in [6.07, 6.45) is 5.17. The zero-order valence-corrected chi connectivity index (χ0v) is 17.8. The lowest BCUT2D eigenvalue weighted by atomic mass is 10.1. The Hall–Kier alpha value is -3.40. The molecule has 0 radical (unpaired) electrons. The smallest absolute Gasteiger partial charge is 0.410 e. The van der Waals surface area contributed by atoms with Crippen molar-refractivity contribution < 1.29 is 14.3 Å². The van der Waals surface area contributed by atoms with Crippen molar-refractivity contribution in [3.8, 4) is 0 Å². The van der Waals surface area contributed by atoms with Crippen LogP contribution in [-0.2, 0) is 22.6 Å². The lowest BCUT2D eigenvalue weighted by Gasteiger charge is -2.24. The normalized spacial score (nSPS) is 16.4. The number of hydrogen-bond acceptors (Lipinski definition) is 7. The summed E-state index contributed by atoms with van der Waals surface area (Å²) in [7, 11) is 0. The number of hydrogen-bond donors (Lipinski definition) is 1. The predicted molar refractivity (Wildman–Crippen MR) is 114 cm³/mol. The summed E-state index contributed by atoms with van der Waals surface area (Å²) in [5.41, 5.74) is 4.00. The van der Waals surface area contributed by atoms with Gasteiger partial charge in [0.15, 0.2) is 11.5 Å². The fraction of sp³-hybridized carbons (Fsp3) is 0.429. The first-order valence-corrected chi connectivity index (χ1v) is 10.3. The van der Waals surface area contributed by atoms with Crippen LogP contribution in [0.1, 0.15) is 32.0 Å². The molecule has 3 aromatic heterocycles. The van der Waals surface area contributed by atoms with Crippen LogP contribution in [-0.4, -0.2) is 60.7 Å². The van der Waals surface area contributed by atoms with E-state index in [0.29, 0.717) is 32.0 Å². The molecule has 2 aliphatic heterocycles. The third-order valence-electron chi connectivity index (χ3n) is 5.14. The molecule has 162 valence electrons. The third-order valence-corrected chi connectivity index (χ3v) is 5.14. The van der Waals surface area contributed by atoms with Crippen LogP contribution in [0.4, 0.5) is 16.3 Å². The second kappa shape index (κ2) is 7.38. The van der Waals surface area contributed by atoms with Crippen molar-refractivity contribution in [2.24, 2.45) is 0 Å². The molecule has 0 saturated heterocycles. The number of pyridine rings is 1. The second-order valence-electron chi connectivity index (χ2n) is 8.68. The molecular formula is C21H25N7O3. The fourth-order valence-corrected chi connectivity index (χ4v) is 3.72. The number of carbonyl (C=O) groups is 1. The van der Waals surface area contributed by atoms with E-state index < -0.39 is 5.60 Å². The Bertz CT molecular complexity index is 1150. The molecule has 0 bridgehead atoms. The maximum absolute atomic E-state index is 12.4. The lowest BCUT2D eigenvalue weighted by Crippen LogP contribution is -2.35. The number of anilines is 2. The first-order chi connectivity index (χ1) is 14.9. The lowest BCUT2D eigenvalue weighted by molar-refractivity contribution is 0.0306. The third kappa shape index (κ3) is 3.98. The van der Waals surface area contributed by atoms with E-state index in [-0.39, 0.29) is 6.09 Å². The van der Waals surface area contributed by atoms with Crippen molar-refractivity contribution in [1.29, 1.82) is 0 Å². The van der Waals surface area contributed by atoms with Crippen LogP contribution in [0.2, 0.25) is 0 Å². The summed E-state index contributed by atoms with van der Waals surface area (Å²) in [4.78, 5) is 18.5. The van der Waals surface area contributed by atoms with Gasteiger partial charge >= 0.3 is 6.09 Å². The summed E-state index contributed by atoms with van der Waals surface area (Å²) in [5.74, 6) is 0.735. The van der Waals surface area contributed by atoms with Crippen LogP contribution in [0.25, 0.3) is 11.2 Å². The molecule has 2 aliphatic rings. The van der Waals surface area contributed by atoms with Crippen LogP contribution in [0.5, 0.6) is 0 Å². The fourth-order valence-electron chi connectivity index (χ4n) is 3.72. The van der Waals surface area contributed by atoms with E-state index in [1.807, 2.05) is 49.9 Å². The van der Waals surface area contributed by atoms with Crippen molar-refractivity contribution in [1.82, 2.24) is 29.3 Å². The number of nitrogens with one attached hydrogen (secondary N) is 1. The minimum Gasteiger partial charge on any atom is -0.444 e. The molecular weight excluding hydrogens is 398 g/mol. The molecule has 0 unspecified atom stereocenters. The molecule has 10 heteroatoms. The predicted octanol–water partition coefficient (Wildman–Crippen LogP) is 2.83. The SMILES string of the molecule is CC(C)(C)OC(=O)N1CC=C(c2cc(Nc3cc4n(n3)CCOC4)c3ncnn3c2)C1. The quantitative estimate of drug-likeness (QED) is 0.692.